The van der Waals surface area contributed by atoms with Crippen LogP contribution < -0.4 is 0 Å². The molecular formula is C11H5Cl2F3N2O. The number of benzene rings is 1. The van der Waals surface area contributed by atoms with E-state index in [1.165, 1.54) is 24.3 Å². The highest BCUT2D eigenvalue weighted by molar-refractivity contribution is 6.67. The van der Waals surface area contributed by atoms with Gasteiger partial charge in [-0.3, -0.25) is 4.79 Å². The molecule has 3 nitrogen and oxygen atoms in total. The highest BCUT2D eigenvalue weighted by Crippen LogP contribution is 2.34. The van der Waals surface area contributed by atoms with Gasteiger partial charge in [0.1, 0.15) is 0 Å². The molecule has 0 saturated heterocycles. The monoisotopic (exact) mass is 308 g/mol. The normalized spacial score (nSPS) is 11.6. The van der Waals surface area contributed by atoms with E-state index in [0.717, 1.165) is 6.20 Å². The summed E-state index contributed by atoms with van der Waals surface area (Å²) in [6, 6.07) is 5.67. The van der Waals surface area contributed by atoms with Crippen molar-refractivity contribution < 1.29 is 18.0 Å². The topological polar surface area (TPSA) is 34.9 Å². The van der Waals surface area contributed by atoms with Gasteiger partial charge in [0.2, 0.25) is 0 Å². The van der Waals surface area contributed by atoms with Gasteiger partial charge in [0.15, 0.2) is 5.69 Å². The van der Waals surface area contributed by atoms with Crippen molar-refractivity contribution in [3.05, 3.63) is 46.7 Å². The van der Waals surface area contributed by atoms with E-state index in [4.69, 9.17) is 23.2 Å². The average Bonchev–Trinajstić information content (AvgIpc) is 2.73. The summed E-state index contributed by atoms with van der Waals surface area (Å²) in [4.78, 5) is 11.0. The number of alkyl halides is 3. The number of hydrogen-bond donors (Lipinski definition) is 0. The maximum absolute atomic E-state index is 13.0. The zero-order valence-corrected chi connectivity index (χ0v) is 10.6. The Labute approximate surface area is 115 Å². The van der Waals surface area contributed by atoms with Gasteiger partial charge < -0.3 is 0 Å². The molecule has 2 rings (SSSR count). The number of rotatable bonds is 2. The Hall–Kier alpha value is -1.53. The Morgan fingerprint density at radius 1 is 1.32 bits per heavy atom. The second-order valence-electron chi connectivity index (χ2n) is 3.57. The minimum atomic E-state index is -4.77. The van der Waals surface area contributed by atoms with Crippen molar-refractivity contribution in [2.75, 3.05) is 0 Å². The van der Waals surface area contributed by atoms with Gasteiger partial charge >= 0.3 is 6.18 Å². The zero-order chi connectivity index (χ0) is 14.2. The summed E-state index contributed by atoms with van der Waals surface area (Å²) in [6.07, 6.45) is -3.99. The van der Waals surface area contributed by atoms with Crippen molar-refractivity contribution in [3.63, 3.8) is 0 Å². The van der Waals surface area contributed by atoms with Crippen molar-refractivity contribution in [2.24, 2.45) is 0 Å². The first-order chi connectivity index (χ1) is 8.80. The van der Waals surface area contributed by atoms with Crippen LogP contribution >= 0.6 is 23.2 Å². The molecule has 2 aromatic rings. The van der Waals surface area contributed by atoms with Gasteiger partial charge in [-0.05, 0) is 29.8 Å². The van der Waals surface area contributed by atoms with Gasteiger partial charge in [-0.1, -0.05) is 17.7 Å². The molecule has 0 radical (unpaired) electrons. The predicted molar refractivity (Wildman–Crippen MR) is 63.8 cm³/mol. The van der Waals surface area contributed by atoms with Crippen LogP contribution in [0.3, 0.4) is 0 Å². The van der Waals surface area contributed by atoms with E-state index in [1.54, 1.807) is 0 Å². The molecule has 0 fully saturated rings. The molecule has 19 heavy (non-hydrogen) atoms. The molecule has 0 amide bonds. The van der Waals surface area contributed by atoms with Gasteiger partial charge in [-0.15, -0.1) is 0 Å². The Morgan fingerprint density at radius 3 is 2.53 bits per heavy atom. The molecule has 0 bridgehead atoms. The number of carbonyl (C=O) groups excluding carboxylic acids is 1. The first kappa shape index (κ1) is 13.9. The van der Waals surface area contributed by atoms with Crippen molar-refractivity contribution in [1.82, 2.24) is 9.78 Å². The molecule has 0 aliphatic carbocycles. The van der Waals surface area contributed by atoms with Crippen molar-refractivity contribution in [3.8, 4) is 5.69 Å². The maximum atomic E-state index is 13.0. The molecule has 0 saturated carbocycles. The van der Waals surface area contributed by atoms with E-state index in [0.29, 0.717) is 4.68 Å². The molecule has 0 spiro atoms. The summed E-state index contributed by atoms with van der Waals surface area (Å²) < 4.78 is 39.5. The van der Waals surface area contributed by atoms with Crippen molar-refractivity contribution in [1.29, 1.82) is 0 Å². The predicted octanol–water partition coefficient (Wildman–Crippen LogP) is 3.92. The Morgan fingerprint density at radius 2 is 2.00 bits per heavy atom. The molecule has 0 atom stereocenters. The van der Waals surface area contributed by atoms with E-state index in [2.05, 4.69) is 5.10 Å². The largest absolute Gasteiger partial charge is 0.434 e. The van der Waals surface area contributed by atoms with Crippen LogP contribution in [0.2, 0.25) is 5.02 Å². The van der Waals surface area contributed by atoms with Gasteiger partial charge in [0.25, 0.3) is 5.24 Å². The van der Waals surface area contributed by atoms with Gasteiger partial charge in [-0.2, -0.15) is 18.3 Å². The molecule has 1 aromatic carbocycles. The van der Waals surface area contributed by atoms with Crippen LogP contribution in [0.5, 0.6) is 0 Å². The molecule has 8 heteroatoms. The molecule has 1 heterocycles. The quantitative estimate of drug-likeness (QED) is 0.788. The summed E-state index contributed by atoms with van der Waals surface area (Å²) in [5.74, 6) is 0. The molecular weight excluding hydrogens is 304 g/mol. The van der Waals surface area contributed by atoms with E-state index < -0.39 is 22.7 Å². The number of nitrogens with zero attached hydrogens (tertiary/aromatic N) is 2. The third-order valence-electron chi connectivity index (χ3n) is 2.30. The second kappa shape index (κ2) is 4.86. The number of carbonyl (C=O) groups is 1. The van der Waals surface area contributed by atoms with Crippen LogP contribution in [0, 0.1) is 0 Å². The van der Waals surface area contributed by atoms with E-state index >= 15 is 0 Å². The fourth-order valence-corrected chi connectivity index (χ4v) is 1.89. The second-order valence-corrected chi connectivity index (χ2v) is 4.35. The molecule has 0 unspecified atom stereocenters. The Bertz CT molecular complexity index is 637. The van der Waals surface area contributed by atoms with Crippen LogP contribution in [0.15, 0.2) is 30.5 Å². The minimum absolute atomic E-state index is 0.0870. The first-order valence-electron chi connectivity index (χ1n) is 4.91. The maximum Gasteiger partial charge on any atom is 0.434 e. The fourth-order valence-electron chi connectivity index (χ4n) is 1.57. The minimum Gasteiger partial charge on any atom is -0.275 e. The standard InChI is InChI=1S/C11H5Cl2F3N2O/c12-6-2-1-3-7(4-6)18-9(11(14,15)16)8(5-17-18)10(13)19/h1-5H. The summed E-state index contributed by atoms with van der Waals surface area (Å²) in [7, 11) is 0. The summed E-state index contributed by atoms with van der Waals surface area (Å²) in [6.45, 7) is 0. The molecule has 0 aliphatic heterocycles. The highest BCUT2D eigenvalue weighted by Gasteiger charge is 2.40. The smallest absolute Gasteiger partial charge is 0.275 e. The third-order valence-corrected chi connectivity index (χ3v) is 2.74. The molecule has 0 aliphatic rings. The van der Waals surface area contributed by atoms with Crippen LogP contribution in [-0.2, 0) is 6.18 Å². The third kappa shape index (κ3) is 2.74. The first-order valence-corrected chi connectivity index (χ1v) is 5.67. The fraction of sp³-hybridized carbons (Fsp3) is 0.0909. The zero-order valence-electron chi connectivity index (χ0n) is 9.08. The number of halogens is 5. The van der Waals surface area contributed by atoms with Gasteiger partial charge in [0.05, 0.1) is 17.4 Å². The van der Waals surface area contributed by atoms with Gasteiger partial charge in [0, 0.05) is 5.02 Å². The van der Waals surface area contributed by atoms with Gasteiger partial charge in [-0.25, -0.2) is 4.68 Å². The lowest BCUT2D eigenvalue weighted by atomic mass is 10.2. The van der Waals surface area contributed by atoms with E-state index in [-0.39, 0.29) is 10.7 Å². The summed E-state index contributed by atoms with van der Waals surface area (Å²) in [5.41, 5.74) is -1.84. The Balaban J connectivity index is 2.68. The summed E-state index contributed by atoms with van der Waals surface area (Å²) >= 11 is 10.8. The molecule has 1 aromatic heterocycles. The SMILES string of the molecule is O=C(Cl)c1cnn(-c2cccc(Cl)c2)c1C(F)(F)F. The van der Waals surface area contributed by atoms with Crippen LogP contribution in [0.4, 0.5) is 13.2 Å². The lowest BCUT2D eigenvalue weighted by Gasteiger charge is -2.11. The lowest BCUT2D eigenvalue weighted by Crippen LogP contribution is -2.16. The molecule has 100 valence electrons. The number of aromatic nitrogens is 2. The van der Waals surface area contributed by atoms with Crippen LogP contribution in [0.1, 0.15) is 16.1 Å². The molecule has 0 N–H and O–H groups in total. The van der Waals surface area contributed by atoms with Crippen LogP contribution in [-0.4, -0.2) is 15.0 Å². The lowest BCUT2D eigenvalue weighted by molar-refractivity contribution is -0.143. The summed E-state index contributed by atoms with van der Waals surface area (Å²) in [5, 5.41) is 2.58. The Kier molecular flexibility index (Phi) is 3.56. The average molecular weight is 309 g/mol. The van der Waals surface area contributed by atoms with Crippen LogP contribution in [0.25, 0.3) is 5.69 Å². The highest BCUT2D eigenvalue weighted by atomic mass is 35.5. The van der Waals surface area contributed by atoms with Crippen molar-refractivity contribution >= 4 is 28.4 Å². The van der Waals surface area contributed by atoms with E-state index in [1.807, 2.05) is 0 Å². The van der Waals surface area contributed by atoms with Crippen molar-refractivity contribution in [2.45, 2.75) is 6.18 Å². The van der Waals surface area contributed by atoms with E-state index in [9.17, 15) is 18.0 Å². The number of hydrogen-bond acceptors (Lipinski definition) is 2.